The molecule has 3 rings (SSSR count). The highest BCUT2D eigenvalue weighted by molar-refractivity contribution is 5.83. The fourth-order valence-corrected chi connectivity index (χ4v) is 2.56. The topological polar surface area (TPSA) is 60.1 Å². The SMILES string of the molecule is COc1ccc(CN2Cc3ccccc3N=C2N)c(OC)c1. The van der Waals surface area contributed by atoms with Gasteiger partial charge in [-0.3, -0.25) is 0 Å². The summed E-state index contributed by atoms with van der Waals surface area (Å²) in [5.74, 6) is 2.08. The number of nitrogens with two attached hydrogens (primary N) is 1. The van der Waals surface area contributed by atoms with Crippen LogP contribution in [-0.2, 0) is 13.1 Å². The molecule has 0 atom stereocenters. The summed E-state index contributed by atoms with van der Waals surface area (Å²) in [4.78, 5) is 6.50. The van der Waals surface area contributed by atoms with Crippen LogP contribution in [0.5, 0.6) is 11.5 Å². The van der Waals surface area contributed by atoms with Gasteiger partial charge >= 0.3 is 0 Å². The van der Waals surface area contributed by atoms with E-state index in [9.17, 15) is 0 Å². The second-order valence-corrected chi connectivity index (χ2v) is 5.13. The van der Waals surface area contributed by atoms with Gasteiger partial charge in [0, 0.05) is 24.7 Å². The summed E-state index contributed by atoms with van der Waals surface area (Å²) in [6, 6.07) is 13.8. The Labute approximate surface area is 130 Å². The lowest BCUT2D eigenvalue weighted by molar-refractivity contribution is 0.364. The summed E-state index contributed by atoms with van der Waals surface area (Å²) in [7, 11) is 3.29. The number of para-hydroxylation sites is 1. The van der Waals surface area contributed by atoms with E-state index in [-0.39, 0.29) is 0 Å². The van der Waals surface area contributed by atoms with Crippen LogP contribution in [0.2, 0.25) is 0 Å². The fourth-order valence-electron chi connectivity index (χ4n) is 2.56. The van der Waals surface area contributed by atoms with Crippen LogP contribution >= 0.6 is 0 Å². The van der Waals surface area contributed by atoms with E-state index in [1.165, 1.54) is 5.56 Å². The van der Waals surface area contributed by atoms with Crippen molar-refractivity contribution in [2.24, 2.45) is 10.7 Å². The highest BCUT2D eigenvalue weighted by atomic mass is 16.5. The Morgan fingerprint density at radius 1 is 1.14 bits per heavy atom. The molecule has 0 fully saturated rings. The maximum atomic E-state index is 6.10. The van der Waals surface area contributed by atoms with Crippen molar-refractivity contribution >= 4 is 11.6 Å². The molecule has 1 aliphatic heterocycles. The summed E-state index contributed by atoms with van der Waals surface area (Å²) in [5.41, 5.74) is 9.26. The first-order valence-electron chi connectivity index (χ1n) is 7.09. The standard InChI is InChI=1S/C17H19N3O2/c1-21-14-8-7-13(16(9-14)22-2)11-20-10-12-5-3-4-6-15(12)19-17(20)18/h3-9H,10-11H2,1-2H3,(H2,18,19). The van der Waals surface area contributed by atoms with Gasteiger partial charge in [-0.25, -0.2) is 4.99 Å². The van der Waals surface area contributed by atoms with Gasteiger partial charge in [0.1, 0.15) is 11.5 Å². The van der Waals surface area contributed by atoms with E-state index in [0.29, 0.717) is 12.5 Å². The third kappa shape index (κ3) is 2.70. The average Bonchev–Trinajstić information content (AvgIpc) is 2.55. The fraction of sp³-hybridized carbons (Fsp3) is 0.235. The molecule has 0 aliphatic carbocycles. The number of benzene rings is 2. The van der Waals surface area contributed by atoms with Gasteiger partial charge in [-0.05, 0) is 23.8 Å². The molecule has 114 valence electrons. The lowest BCUT2D eigenvalue weighted by atomic mass is 10.1. The maximum Gasteiger partial charge on any atom is 0.197 e. The average molecular weight is 297 g/mol. The minimum absolute atomic E-state index is 0.525. The molecule has 5 nitrogen and oxygen atoms in total. The Morgan fingerprint density at radius 3 is 2.73 bits per heavy atom. The lowest BCUT2D eigenvalue weighted by Gasteiger charge is -2.28. The van der Waals surface area contributed by atoms with E-state index in [4.69, 9.17) is 15.2 Å². The lowest BCUT2D eigenvalue weighted by Crippen LogP contribution is -2.38. The first kappa shape index (κ1) is 14.3. The van der Waals surface area contributed by atoms with Crippen molar-refractivity contribution in [3.8, 4) is 11.5 Å². The van der Waals surface area contributed by atoms with E-state index in [1.54, 1.807) is 14.2 Å². The number of rotatable bonds is 4. The Kier molecular flexibility index (Phi) is 3.87. The Balaban J connectivity index is 1.85. The van der Waals surface area contributed by atoms with Crippen molar-refractivity contribution in [1.82, 2.24) is 4.90 Å². The van der Waals surface area contributed by atoms with Gasteiger partial charge in [0.25, 0.3) is 0 Å². The van der Waals surface area contributed by atoms with Gasteiger partial charge in [-0.1, -0.05) is 18.2 Å². The van der Waals surface area contributed by atoms with E-state index < -0.39 is 0 Å². The minimum atomic E-state index is 0.525. The first-order valence-corrected chi connectivity index (χ1v) is 7.09. The van der Waals surface area contributed by atoms with Crippen LogP contribution in [0.1, 0.15) is 11.1 Å². The highest BCUT2D eigenvalue weighted by Gasteiger charge is 2.19. The maximum absolute atomic E-state index is 6.10. The second-order valence-electron chi connectivity index (χ2n) is 5.13. The van der Waals surface area contributed by atoms with Gasteiger partial charge in [0.05, 0.1) is 19.9 Å². The zero-order valence-electron chi connectivity index (χ0n) is 12.7. The molecular weight excluding hydrogens is 278 g/mol. The van der Waals surface area contributed by atoms with Crippen LogP contribution in [0.15, 0.2) is 47.5 Å². The van der Waals surface area contributed by atoms with Crippen LogP contribution in [0.25, 0.3) is 0 Å². The Bertz CT molecular complexity index is 713. The molecule has 0 saturated heterocycles. The van der Waals surface area contributed by atoms with Gasteiger partial charge in [0.2, 0.25) is 0 Å². The predicted molar refractivity (Wildman–Crippen MR) is 86.5 cm³/mol. The normalized spacial score (nSPS) is 13.4. The minimum Gasteiger partial charge on any atom is -0.497 e. The third-order valence-electron chi connectivity index (χ3n) is 3.77. The number of guanidine groups is 1. The van der Waals surface area contributed by atoms with Crippen molar-refractivity contribution in [2.45, 2.75) is 13.1 Å². The van der Waals surface area contributed by atoms with Crippen LogP contribution in [-0.4, -0.2) is 25.1 Å². The van der Waals surface area contributed by atoms with Gasteiger partial charge < -0.3 is 20.1 Å². The molecule has 0 saturated carbocycles. The van der Waals surface area contributed by atoms with E-state index in [2.05, 4.69) is 11.1 Å². The van der Waals surface area contributed by atoms with Crippen molar-refractivity contribution in [1.29, 1.82) is 0 Å². The second kappa shape index (κ2) is 5.97. The first-order chi connectivity index (χ1) is 10.7. The third-order valence-corrected chi connectivity index (χ3v) is 3.77. The van der Waals surface area contributed by atoms with Crippen LogP contribution in [0, 0.1) is 0 Å². The summed E-state index contributed by atoms with van der Waals surface area (Å²) in [5, 5.41) is 0. The molecule has 22 heavy (non-hydrogen) atoms. The molecule has 2 aromatic rings. The zero-order valence-corrected chi connectivity index (χ0v) is 12.7. The quantitative estimate of drug-likeness (QED) is 0.942. The summed E-state index contributed by atoms with van der Waals surface area (Å²) in [6.45, 7) is 1.37. The van der Waals surface area contributed by atoms with Gasteiger partial charge in [0.15, 0.2) is 5.96 Å². The Morgan fingerprint density at radius 2 is 1.95 bits per heavy atom. The zero-order chi connectivity index (χ0) is 15.5. The highest BCUT2D eigenvalue weighted by Crippen LogP contribution is 2.29. The van der Waals surface area contributed by atoms with E-state index >= 15 is 0 Å². The largest absolute Gasteiger partial charge is 0.497 e. The molecule has 0 spiro atoms. The Hall–Kier alpha value is -2.69. The summed E-state index contributed by atoms with van der Waals surface area (Å²) in [6.07, 6.45) is 0. The van der Waals surface area contributed by atoms with Gasteiger partial charge in [-0.2, -0.15) is 0 Å². The molecule has 0 unspecified atom stereocenters. The monoisotopic (exact) mass is 297 g/mol. The van der Waals surface area contributed by atoms with Crippen molar-refractivity contribution in [2.75, 3.05) is 14.2 Å². The number of nitrogens with zero attached hydrogens (tertiary/aromatic N) is 2. The molecule has 1 heterocycles. The van der Waals surface area contributed by atoms with Gasteiger partial charge in [-0.15, -0.1) is 0 Å². The van der Waals surface area contributed by atoms with E-state index in [0.717, 1.165) is 29.3 Å². The number of hydrogen-bond donors (Lipinski definition) is 1. The molecule has 0 aromatic heterocycles. The van der Waals surface area contributed by atoms with Crippen LogP contribution < -0.4 is 15.2 Å². The van der Waals surface area contributed by atoms with Crippen molar-refractivity contribution in [3.05, 3.63) is 53.6 Å². The molecule has 0 bridgehead atoms. The number of methoxy groups -OCH3 is 2. The number of hydrogen-bond acceptors (Lipinski definition) is 5. The molecule has 5 heteroatoms. The van der Waals surface area contributed by atoms with Crippen LogP contribution in [0.3, 0.4) is 0 Å². The molecular formula is C17H19N3O2. The number of aliphatic imine (C=N–C) groups is 1. The summed E-state index contributed by atoms with van der Waals surface area (Å²) < 4.78 is 10.7. The molecule has 0 amide bonds. The summed E-state index contributed by atoms with van der Waals surface area (Å²) >= 11 is 0. The van der Waals surface area contributed by atoms with Crippen molar-refractivity contribution in [3.63, 3.8) is 0 Å². The van der Waals surface area contributed by atoms with Crippen molar-refractivity contribution < 1.29 is 9.47 Å². The van der Waals surface area contributed by atoms with E-state index in [1.807, 2.05) is 41.3 Å². The number of fused-ring (bicyclic) bond motifs is 1. The molecule has 2 N–H and O–H groups in total. The molecule has 1 aliphatic rings. The smallest absolute Gasteiger partial charge is 0.197 e. The predicted octanol–water partition coefficient (Wildman–Crippen LogP) is 2.67. The van der Waals surface area contributed by atoms with Crippen LogP contribution in [0.4, 0.5) is 5.69 Å². The molecule has 0 radical (unpaired) electrons. The molecule has 2 aromatic carbocycles. The number of ether oxygens (including phenoxy) is 2.